The second-order valence-electron chi connectivity index (χ2n) is 8.06. The second-order valence-corrected chi connectivity index (χ2v) is 9.67. The Morgan fingerprint density at radius 2 is 1.89 bits per heavy atom. The maximum Gasteiger partial charge on any atom is 0.297 e. The highest BCUT2D eigenvalue weighted by atomic mass is 32.2. The molecule has 0 amide bonds. The van der Waals surface area contributed by atoms with Gasteiger partial charge < -0.3 is 5.11 Å². The number of ketones is 2. The molecule has 2 aliphatic carbocycles. The average Bonchev–Trinajstić information content (AvgIpc) is 2.94. The average molecular weight is 392 g/mol. The zero-order valence-electron chi connectivity index (χ0n) is 15.7. The molecule has 2 aliphatic rings. The van der Waals surface area contributed by atoms with Crippen molar-refractivity contribution in [1.82, 2.24) is 0 Å². The van der Waals surface area contributed by atoms with E-state index in [2.05, 4.69) is 18.0 Å². The predicted octanol–water partition coefficient (Wildman–Crippen LogP) is 2.36. The first-order chi connectivity index (χ1) is 12.5. The third kappa shape index (κ3) is 3.17. The lowest BCUT2D eigenvalue weighted by Crippen LogP contribution is -2.32. The molecular formula is C20H24O6S. The first kappa shape index (κ1) is 19.9. The first-order valence-electron chi connectivity index (χ1n) is 8.91. The number of benzene rings is 1. The molecule has 0 aromatic heterocycles. The van der Waals surface area contributed by atoms with Gasteiger partial charge in [0.2, 0.25) is 0 Å². The van der Waals surface area contributed by atoms with Gasteiger partial charge in [-0.2, -0.15) is 8.42 Å². The molecule has 2 atom stereocenters. The summed E-state index contributed by atoms with van der Waals surface area (Å²) in [5.41, 5.74) is 1.15. The molecule has 2 unspecified atom stereocenters. The van der Waals surface area contributed by atoms with Crippen LogP contribution in [-0.4, -0.2) is 38.3 Å². The highest BCUT2D eigenvalue weighted by molar-refractivity contribution is 7.86. The molecule has 1 aromatic carbocycles. The summed E-state index contributed by atoms with van der Waals surface area (Å²) in [5, 5.41) is 8.64. The fraction of sp³-hybridized carbons (Fsp3) is 0.500. The zero-order chi connectivity index (χ0) is 20.0. The first-order valence-corrected chi connectivity index (χ1v) is 10.3. The molecule has 1 N–H and O–H groups in total. The van der Waals surface area contributed by atoms with Crippen molar-refractivity contribution >= 4 is 27.8 Å². The van der Waals surface area contributed by atoms with Crippen LogP contribution >= 0.6 is 0 Å². The SMILES string of the molecule is CC12CCC(/C(=C/c3ccc(S(=O)(=O)OCC(=O)CO)cc3)C1=O)C2(C)C. The number of hydrogen-bond acceptors (Lipinski definition) is 6. The number of carbonyl (C=O) groups excluding carboxylic acids is 2. The number of rotatable bonds is 6. The smallest absolute Gasteiger partial charge is 0.297 e. The molecule has 0 radical (unpaired) electrons. The van der Waals surface area contributed by atoms with Crippen LogP contribution in [0.2, 0.25) is 0 Å². The van der Waals surface area contributed by atoms with Gasteiger partial charge >= 0.3 is 0 Å². The largest absolute Gasteiger partial charge is 0.388 e. The fourth-order valence-electron chi connectivity index (χ4n) is 4.26. The summed E-state index contributed by atoms with van der Waals surface area (Å²) in [7, 11) is -4.08. The van der Waals surface area contributed by atoms with E-state index in [0.717, 1.165) is 24.0 Å². The van der Waals surface area contributed by atoms with Gasteiger partial charge in [0.05, 0.1) is 4.90 Å². The Morgan fingerprint density at radius 1 is 1.26 bits per heavy atom. The van der Waals surface area contributed by atoms with E-state index in [-0.39, 0.29) is 27.4 Å². The van der Waals surface area contributed by atoms with E-state index < -0.39 is 29.1 Å². The van der Waals surface area contributed by atoms with Crippen molar-refractivity contribution in [2.45, 2.75) is 38.5 Å². The van der Waals surface area contributed by atoms with Crippen LogP contribution in [0.3, 0.4) is 0 Å². The van der Waals surface area contributed by atoms with Crippen LogP contribution in [0.5, 0.6) is 0 Å². The number of carbonyl (C=O) groups is 2. The van der Waals surface area contributed by atoms with Gasteiger partial charge in [-0.15, -0.1) is 0 Å². The van der Waals surface area contributed by atoms with Crippen LogP contribution < -0.4 is 0 Å². The summed E-state index contributed by atoms with van der Waals surface area (Å²) in [5.74, 6) is -0.316. The van der Waals surface area contributed by atoms with Gasteiger partial charge in [-0.25, -0.2) is 0 Å². The highest BCUT2D eigenvalue weighted by Crippen LogP contribution is 2.65. The van der Waals surface area contributed by atoms with Gasteiger partial charge in [0, 0.05) is 5.41 Å². The Bertz CT molecular complexity index is 910. The quantitative estimate of drug-likeness (QED) is 0.590. The predicted molar refractivity (Wildman–Crippen MR) is 99.3 cm³/mol. The van der Waals surface area contributed by atoms with E-state index in [9.17, 15) is 18.0 Å². The van der Waals surface area contributed by atoms with Gasteiger partial charge in [-0.1, -0.05) is 32.9 Å². The lowest BCUT2D eigenvalue weighted by Gasteiger charge is -2.31. The second kappa shape index (κ2) is 6.65. The normalized spacial score (nSPS) is 28.1. The van der Waals surface area contributed by atoms with E-state index in [1.165, 1.54) is 12.1 Å². The van der Waals surface area contributed by atoms with Crippen molar-refractivity contribution in [2.24, 2.45) is 16.7 Å². The highest BCUT2D eigenvalue weighted by Gasteiger charge is 2.63. The van der Waals surface area contributed by atoms with Gasteiger partial charge in [0.1, 0.15) is 13.2 Å². The molecule has 3 rings (SSSR count). The maximum absolute atomic E-state index is 12.9. The van der Waals surface area contributed by atoms with Crippen molar-refractivity contribution < 1.29 is 27.3 Å². The Balaban J connectivity index is 1.82. The van der Waals surface area contributed by atoms with Gasteiger partial charge in [0.15, 0.2) is 11.6 Å². The molecule has 146 valence electrons. The molecule has 2 fully saturated rings. The van der Waals surface area contributed by atoms with Crippen molar-refractivity contribution in [2.75, 3.05) is 13.2 Å². The molecule has 0 spiro atoms. The summed E-state index contributed by atoms with van der Waals surface area (Å²) in [6.45, 7) is 4.85. The number of aliphatic hydroxyl groups excluding tert-OH is 1. The molecule has 0 aliphatic heterocycles. The van der Waals surface area contributed by atoms with E-state index >= 15 is 0 Å². The fourth-order valence-corrected chi connectivity index (χ4v) is 5.15. The Morgan fingerprint density at radius 3 is 2.41 bits per heavy atom. The molecule has 6 nitrogen and oxygen atoms in total. The molecule has 0 heterocycles. The van der Waals surface area contributed by atoms with Crippen LogP contribution in [0.25, 0.3) is 6.08 Å². The van der Waals surface area contributed by atoms with Crippen molar-refractivity contribution in [3.05, 3.63) is 35.4 Å². The minimum Gasteiger partial charge on any atom is -0.388 e. The van der Waals surface area contributed by atoms with Crippen molar-refractivity contribution in [3.63, 3.8) is 0 Å². The van der Waals surface area contributed by atoms with E-state index in [0.29, 0.717) is 0 Å². The van der Waals surface area contributed by atoms with Crippen LogP contribution in [0.15, 0.2) is 34.7 Å². The summed E-state index contributed by atoms with van der Waals surface area (Å²) in [6.07, 6.45) is 3.74. The molecule has 1 aromatic rings. The Kier molecular flexibility index (Phi) is 4.91. The van der Waals surface area contributed by atoms with E-state index in [1.54, 1.807) is 12.1 Å². The summed E-state index contributed by atoms with van der Waals surface area (Å²) in [4.78, 5) is 23.8. The van der Waals surface area contributed by atoms with Crippen LogP contribution in [-0.2, 0) is 23.9 Å². The third-order valence-corrected chi connectivity index (χ3v) is 7.69. The summed E-state index contributed by atoms with van der Waals surface area (Å²) < 4.78 is 28.8. The van der Waals surface area contributed by atoms with Crippen LogP contribution in [0, 0.1) is 16.7 Å². The topological polar surface area (TPSA) is 97.7 Å². The maximum atomic E-state index is 12.9. The Labute approximate surface area is 159 Å². The van der Waals surface area contributed by atoms with Crippen LogP contribution in [0.4, 0.5) is 0 Å². The number of hydrogen-bond donors (Lipinski definition) is 1. The third-order valence-electron chi connectivity index (χ3n) is 6.41. The number of Topliss-reactive ketones (excluding diaryl/α,β-unsaturated/α-hetero) is 2. The molecule has 7 heteroatoms. The zero-order valence-corrected chi connectivity index (χ0v) is 16.5. The van der Waals surface area contributed by atoms with Gasteiger partial charge in [-0.3, -0.25) is 13.8 Å². The number of fused-ring (bicyclic) bond motifs is 2. The van der Waals surface area contributed by atoms with Gasteiger partial charge in [0.25, 0.3) is 10.1 Å². The molecular weight excluding hydrogens is 368 g/mol. The standard InChI is InChI=1S/C20H24O6S/c1-19(2)17-8-9-20(19,3)18(23)16(17)10-13-4-6-15(7-5-13)27(24,25)26-12-14(22)11-21/h4-7,10,17,21H,8-9,11-12H2,1-3H3/b16-10-. The van der Waals surface area contributed by atoms with Crippen molar-refractivity contribution in [3.8, 4) is 0 Å². The monoisotopic (exact) mass is 392 g/mol. The minimum atomic E-state index is -4.08. The molecule has 0 saturated heterocycles. The van der Waals surface area contributed by atoms with Crippen molar-refractivity contribution in [1.29, 1.82) is 0 Å². The van der Waals surface area contributed by atoms with E-state index in [1.807, 2.05) is 13.0 Å². The van der Waals surface area contributed by atoms with Crippen LogP contribution in [0.1, 0.15) is 39.2 Å². The summed E-state index contributed by atoms with van der Waals surface area (Å²) in [6, 6.07) is 6.00. The number of allylic oxidation sites excluding steroid dienone is 1. The summed E-state index contributed by atoms with van der Waals surface area (Å²) >= 11 is 0. The number of aliphatic hydroxyl groups is 1. The Hall–Kier alpha value is -1.83. The molecule has 2 bridgehead atoms. The minimum absolute atomic E-state index is 0.0771. The molecule has 27 heavy (non-hydrogen) atoms. The lowest BCUT2D eigenvalue weighted by atomic mass is 9.70. The molecule has 2 saturated carbocycles. The lowest BCUT2D eigenvalue weighted by molar-refractivity contribution is -0.125. The van der Waals surface area contributed by atoms with E-state index in [4.69, 9.17) is 5.11 Å². The van der Waals surface area contributed by atoms with Gasteiger partial charge in [-0.05, 0) is 53.5 Å².